The predicted molar refractivity (Wildman–Crippen MR) is 90.0 cm³/mol. The zero-order valence-electron chi connectivity index (χ0n) is 13.4. The Balaban J connectivity index is 1.72. The maximum absolute atomic E-state index is 13.1. The largest absolute Gasteiger partial charge is 0.481 e. The third-order valence-corrected chi connectivity index (χ3v) is 5.02. The van der Waals surface area contributed by atoms with Crippen molar-refractivity contribution in [1.29, 1.82) is 0 Å². The van der Waals surface area contributed by atoms with Crippen LogP contribution in [-0.4, -0.2) is 40.0 Å². The van der Waals surface area contributed by atoms with Gasteiger partial charge in [-0.2, -0.15) is 0 Å². The zero-order chi connectivity index (χ0) is 16.7. The first-order valence-corrected chi connectivity index (χ1v) is 8.55. The molecule has 2 heterocycles. The molecule has 2 aliphatic rings. The Morgan fingerprint density at radius 2 is 1.96 bits per heavy atom. The summed E-state index contributed by atoms with van der Waals surface area (Å²) in [6, 6.07) is 9.63. The van der Waals surface area contributed by atoms with Crippen molar-refractivity contribution in [2.24, 2.45) is 5.92 Å². The van der Waals surface area contributed by atoms with E-state index in [9.17, 15) is 14.7 Å². The number of aliphatic carboxylic acids is 1. The molecule has 5 nitrogen and oxygen atoms in total. The first-order valence-electron chi connectivity index (χ1n) is 8.55. The molecule has 1 atom stereocenters. The summed E-state index contributed by atoms with van der Waals surface area (Å²) < 4.78 is 0. The molecule has 1 aliphatic heterocycles. The third-order valence-electron chi connectivity index (χ3n) is 5.02. The number of hydrogen-bond acceptors (Lipinski definition) is 3. The standard InChI is InChI=1S/C19H20N2O3/c22-18(21-9-3-4-13(11-21)19(23)24)15-10-17(12-7-8-12)20-16-6-2-1-5-14(15)16/h1-2,5-6,10,12-13H,3-4,7-9,11H2,(H,23,24)/t13-/m1/s1. The SMILES string of the molecule is O=C(O)[C@@H]1CCCN(C(=O)c2cc(C3CC3)nc3ccccc23)C1. The van der Waals surface area contributed by atoms with Crippen LogP contribution >= 0.6 is 0 Å². The molecule has 1 saturated heterocycles. The molecule has 2 aromatic rings. The maximum Gasteiger partial charge on any atom is 0.308 e. The molecule has 124 valence electrons. The number of amides is 1. The Morgan fingerprint density at radius 3 is 2.71 bits per heavy atom. The normalized spacial score (nSPS) is 21.0. The highest BCUT2D eigenvalue weighted by Gasteiger charge is 2.31. The van der Waals surface area contributed by atoms with Crippen molar-refractivity contribution in [1.82, 2.24) is 9.88 Å². The number of carboxylic acid groups (broad SMARTS) is 1. The number of para-hydroxylation sites is 1. The lowest BCUT2D eigenvalue weighted by Gasteiger charge is -2.31. The Morgan fingerprint density at radius 1 is 1.17 bits per heavy atom. The Kier molecular flexibility index (Phi) is 3.71. The average Bonchev–Trinajstić information content (AvgIpc) is 3.45. The molecule has 0 bridgehead atoms. The van der Waals surface area contributed by atoms with Crippen molar-refractivity contribution >= 4 is 22.8 Å². The van der Waals surface area contributed by atoms with Crippen LogP contribution in [0.1, 0.15) is 47.7 Å². The van der Waals surface area contributed by atoms with Crippen molar-refractivity contribution in [2.45, 2.75) is 31.6 Å². The Labute approximate surface area is 140 Å². The van der Waals surface area contributed by atoms with Crippen LogP contribution in [0.4, 0.5) is 0 Å². The molecule has 0 radical (unpaired) electrons. The minimum absolute atomic E-state index is 0.0681. The van der Waals surface area contributed by atoms with Gasteiger partial charge in [-0.05, 0) is 37.8 Å². The summed E-state index contributed by atoms with van der Waals surface area (Å²) in [4.78, 5) is 30.8. The fourth-order valence-corrected chi connectivity index (χ4v) is 3.49. The summed E-state index contributed by atoms with van der Waals surface area (Å²) in [5.41, 5.74) is 2.49. The lowest BCUT2D eigenvalue weighted by Crippen LogP contribution is -2.42. The summed E-state index contributed by atoms with van der Waals surface area (Å²) in [6.45, 7) is 0.918. The number of hydrogen-bond donors (Lipinski definition) is 1. The number of aromatic nitrogens is 1. The van der Waals surface area contributed by atoms with Gasteiger partial charge in [0.15, 0.2) is 0 Å². The molecule has 1 aliphatic carbocycles. The molecule has 0 unspecified atom stereocenters. The smallest absolute Gasteiger partial charge is 0.308 e. The highest BCUT2D eigenvalue weighted by Crippen LogP contribution is 2.40. The number of carbonyl (C=O) groups is 2. The van der Waals surface area contributed by atoms with E-state index >= 15 is 0 Å². The van der Waals surface area contributed by atoms with Crippen LogP contribution in [0.15, 0.2) is 30.3 Å². The minimum atomic E-state index is -0.814. The monoisotopic (exact) mass is 324 g/mol. The molecule has 1 aromatic heterocycles. The second-order valence-corrected chi connectivity index (χ2v) is 6.81. The van der Waals surface area contributed by atoms with Gasteiger partial charge in [0.2, 0.25) is 0 Å². The number of carboxylic acids is 1. The lowest BCUT2D eigenvalue weighted by molar-refractivity contribution is -0.143. The van der Waals surface area contributed by atoms with Gasteiger partial charge in [0.1, 0.15) is 0 Å². The molecule has 1 saturated carbocycles. The number of carbonyl (C=O) groups excluding carboxylic acids is 1. The third kappa shape index (κ3) is 2.75. The molecule has 4 rings (SSSR count). The van der Waals surface area contributed by atoms with Gasteiger partial charge in [-0.15, -0.1) is 0 Å². The number of likely N-dealkylation sites (tertiary alicyclic amines) is 1. The number of benzene rings is 1. The first kappa shape index (κ1) is 15.1. The Bertz CT molecular complexity index is 813. The molecule has 1 amide bonds. The van der Waals surface area contributed by atoms with Gasteiger partial charge in [-0.25, -0.2) is 0 Å². The molecule has 24 heavy (non-hydrogen) atoms. The van der Waals surface area contributed by atoms with Crippen LogP contribution in [-0.2, 0) is 4.79 Å². The fourth-order valence-electron chi connectivity index (χ4n) is 3.49. The van der Waals surface area contributed by atoms with E-state index in [1.807, 2.05) is 30.3 Å². The summed E-state index contributed by atoms with van der Waals surface area (Å²) in [6.07, 6.45) is 3.64. The van der Waals surface area contributed by atoms with Gasteiger partial charge in [-0.3, -0.25) is 14.6 Å². The summed E-state index contributed by atoms with van der Waals surface area (Å²) >= 11 is 0. The van der Waals surface area contributed by atoms with E-state index in [0.29, 0.717) is 31.0 Å². The van der Waals surface area contributed by atoms with Crippen molar-refractivity contribution < 1.29 is 14.7 Å². The van der Waals surface area contributed by atoms with E-state index in [-0.39, 0.29) is 5.91 Å². The van der Waals surface area contributed by atoms with Crippen LogP contribution < -0.4 is 0 Å². The number of pyridine rings is 1. The predicted octanol–water partition coefficient (Wildman–Crippen LogP) is 3.05. The van der Waals surface area contributed by atoms with Crippen LogP contribution in [0, 0.1) is 5.92 Å². The first-order chi connectivity index (χ1) is 11.6. The van der Waals surface area contributed by atoms with Crippen molar-refractivity contribution in [3.63, 3.8) is 0 Å². The van der Waals surface area contributed by atoms with Gasteiger partial charge >= 0.3 is 5.97 Å². The summed E-state index contributed by atoms with van der Waals surface area (Å²) in [5, 5.41) is 10.1. The van der Waals surface area contributed by atoms with Gasteiger partial charge in [0.25, 0.3) is 5.91 Å². The molecule has 0 spiro atoms. The van der Waals surface area contributed by atoms with Crippen LogP contribution in [0.2, 0.25) is 0 Å². The molecular weight excluding hydrogens is 304 g/mol. The van der Waals surface area contributed by atoms with E-state index < -0.39 is 11.9 Å². The van der Waals surface area contributed by atoms with Crippen molar-refractivity contribution in [2.75, 3.05) is 13.1 Å². The number of piperidine rings is 1. The topological polar surface area (TPSA) is 70.5 Å². The molecule has 1 aromatic carbocycles. The number of fused-ring (bicyclic) bond motifs is 1. The number of rotatable bonds is 3. The molecule has 2 fully saturated rings. The van der Waals surface area contributed by atoms with Gasteiger partial charge < -0.3 is 10.0 Å². The van der Waals surface area contributed by atoms with Crippen LogP contribution in [0.3, 0.4) is 0 Å². The van der Waals surface area contributed by atoms with Crippen LogP contribution in [0.25, 0.3) is 10.9 Å². The Hall–Kier alpha value is -2.43. The van der Waals surface area contributed by atoms with Crippen molar-refractivity contribution in [3.8, 4) is 0 Å². The lowest BCUT2D eigenvalue weighted by atomic mass is 9.97. The number of nitrogens with zero attached hydrogens (tertiary/aromatic N) is 2. The maximum atomic E-state index is 13.1. The average molecular weight is 324 g/mol. The highest BCUT2D eigenvalue weighted by molar-refractivity contribution is 6.06. The van der Waals surface area contributed by atoms with Crippen LogP contribution in [0.5, 0.6) is 0 Å². The van der Waals surface area contributed by atoms with Gasteiger partial charge in [0.05, 0.1) is 17.0 Å². The van der Waals surface area contributed by atoms with E-state index in [1.54, 1.807) is 4.90 Å². The summed E-state index contributed by atoms with van der Waals surface area (Å²) in [7, 11) is 0. The highest BCUT2D eigenvalue weighted by atomic mass is 16.4. The van der Waals surface area contributed by atoms with E-state index in [4.69, 9.17) is 4.98 Å². The minimum Gasteiger partial charge on any atom is -0.481 e. The van der Waals surface area contributed by atoms with E-state index in [2.05, 4.69) is 0 Å². The quantitative estimate of drug-likeness (QED) is 0.942. The molecule has 5 heteroatoms. The van der Waals surface area contributed by atoms with Gasteiger partial charge in [0, 0.05) is 30.1 Å². The zero-order valence-corrected chi connectivity index (χ0v) is 13.4. The second kappa shape index (κ2) is 5.89. The summed E-state index contributed by atoms with van der Waals surface area (Å²) in [5.74, 6) is -0.875. The fraction of sp³-hybridized carbons (Fsp3) is 0.421. The van der Waals surface area contributed by atoms with E-state index in [0.717, 1.165) is 35.9 Å². The second-order valence-electron chi connectivity index (χ2n) is 6.81. The van der Waals surface area contributed by atoms with Crippen molar-refractivity contribution in [3.05, 3.63) is 41.6 Å². The van der Waals surface area contributed by atoms with E-state index in [1.165, 1.54) is 0 Å². The molecule has 1 N–H and O–H groups in total. The molecular formula is C19H20N2O3. The van der Waals surface area contributed by atoms with Gasteiger partial charge in [-0.1, -0.05) is 18.2 Å².